The van der Waals surface area contributed by atoms with E-state index in [1.54, 1.807) is 42.5 Å². The van der Waals surface area contributed by atoms with Gasteiger partial charge in [-0.1, -0.05) is 115 Å². The fourth-order valence-electron chi connectivity index (χ4n) is 10.3. The van der Waals surface area contributed by atoms with Crippen LogP contribution in [0, 0.1) is 0 Å². The van der Waals surface area contributed by atoms with E-state index in [1.165, 1.54) is 0 Å². The van der Waals surface area contributed by atoms with Gasteiger partial charge in [-0.25, -0.2) is 4.84 Å². The SMILES string of the molecule is O=C(O)CC(NCl)c1cccc(Oc2ccc(Cl)c(Cl)c2)c1.PPP(P(P)P)P(B(B(B(B(P(P(P)P)P(P)P)P(P(P)P)P(P)P)B(P(P(P)P)P(P)P)P(P(P)P)P(P)P)B(B(P(P(P)P)P(P)P)P(P(P)P)P(P)P)B(P(P(P)P)P(P)P)P(P(P)P)P(P)P)P(P(P(P)P)P(P)P)P(P(P)P)P(P)P)P(P)P. The summed E-state index contributed by atoms with van der Waals surface area (Å²) in [5, 5.41) is 9.71. The number of rotatable bonds is 49. The average Bonchev–Trinajstić information content (AvgIpc) is 0.711. The third kappa shape index (κ3) is 49.9. The molecular weight excluding hydrogens is 2940 g/mol. The molecule has 2 aromatic rings. The van der Waals surface area contributed by atoms with Crippen molar-refractivity contribution in [3.63, 3.8) is 0 Å². The van der Waals surface area contributed by atoms with E-state index < -0.39 is 251 Å². The Morgan fingerprint density at radius 3 is 0.802 bits per heavy atom. The van der Waals surface area contributed by atoms with Gasteiger partial charge >= 0.3 is 5.97 Å². The normalized spacial score (nSPS) is 14.1. The zero-order valence-electron chi connectivity index (χ0n) is 58.0. The van der Waals surface area contributed by atoms with Gasteiger partial charge in [0.15, 0.2) is 30.2 Å². The fourth-order valence-corrected chi connectivity index (χ4v) is 630. The molecule has 0 fully saturated rings. The van der Waals surface area contributed by atoms with Crippen molar-refractivity contribution in [1.29, 1.82) is 0 Å². The first-order chi connectivity index (χ1) is 51.0. The Labute approximate surface area is 835 Å². The molecule has 111 heavy (non-hydrogen) atoms. The molecule has 2 aromatic carbocycles. The van der Waals surface area contributed by atoms with Crippen molar-refractivity contribution in [1.82, 2.24) is 4.84 Å². The number of carboxylic acids is 1. The fraction of sp³-hybridized carbons (Fsp3) is 0.133. The lowest BCUT2D eigenvalue weighted by Gasteiger charge is -2.59. The maximum Gasteiger partial charge on any atom is 0.305 e. The molecule has 0 saturated heterocycles. The number of carboxylic acid groups (broad SMARTS) is 1. The summed E-state index contributed by atoms with van der Waals surface area (Å²) in [6, 6.07) is 14.5. The summed E-state index contributed by atoms with van der Waals surface area (Å²) < 4.78 is 5.69. The third-order valence-electron chi connectivity index (χ3n) is 13.6. The van der Waals surface area contributed by atoms with Crippen molar-refractivity contribution in [2.24, 2.45) is 0 Å². The summed E-state index contributed by atoms with van der Waals surface area (Å²) in [6.07, 6.45) is 1.47. The van der Waals surface area contributed by atoms with Crippen LogP contribution in [-0.4, -0.2) is 60.4 Å². The molecule has 0 aliphatic rings. The largest absolute Gasteiger partial charge is 0.481 e. The lowest BCUT2D eigenvalue weighted by atomic mass is 8.65. The van der Waals surface area contributed by atoms with Crippen LogP contribution in [0.15, 0.2) is 42.5 Å². The molecule has 0 radical (unpaired) electrons. The van der Waals surface area contributed by atoms with E-state index in [2.05, 4.69) is 407 Å². The number of aliphatic carboxylic acids is 1. The van der Waals surface area contributed by atoms with Crippen LogP contribution < -0.4 is 9.57 Å². The molecule has 0 aliphatic heterocycles. The summed E-state index contributed by atoms with van der Waals surface area (Å²) in [7, 11) is 161. The molecule has 49 atom stereocenters. The van der Waals surface area contributed by atoms with Gasteiger partial charge in [0, 0.05) is 12.5 Å². The number of hydrogen-bond acceptors (Lipinski definition) is 3. The highest BCUT2D eigenvalue weighted by molar-refractivity contribution is 9.32. The van der Waals surface area contributed by atoms with Crippen molar-refractivity contribution in [3.8, 4) is 11.5 Å². The zero-order chi connectivity index (χ0) is 86.6. The van der Waals surface area contributed by atoms with E-state index in [0.717, 1.165) is 7.96 Å². The van der Waals surface area contributed by atoms with Crippen LogP contribution >= 0.6 is 691 Å². The predicted molar refractivity (Wildman–Crippen MR) is 820 cm³/mol. The van der Waals surface area contributed by atoms with Gasteiger partial charge in [-0.3, -0.25) is 4.79 Å². The van der Waals surface area contributed by atoms with E-state index in [1.807, 2.05) is 0 Å². The Balaban J connectivity index is 0.00000236. The molecule has 0 bridgehead atoms. The summed E-state index contributed by atoms with van der Waals surface area (Å²) in [6.45, 7) is -11.5. The van der Waals surface area contributed by atoms with Gasteiger partial charge in [-0.2, -0.15) is 0 Å². The highest BCUT2D eigenvalue weighted by atomic mass is 35.5. The minimum atomic E-state index is -0.950. The van der Waals surface area contributed by atoms with Crippen LogP contribution in [0.3, 0.4) is 0 Å². The van der Waals surface area contributed by atoms with Crippen LogP contribution in [0.4, 0.5) is 0 Å². The Hall–Kier alpha value is 33.9. The third-order valence-corrected chi connectivity index (χ3v) is 376. The number of nitrogens with one attached hydrogen (secondary N) is 1. The first-order valence-corrected chi connectivity index (χ1v) is 169. The molecule has 96 heteroatoms. The molecule has 2 N–H and O–H groups in total. The Morgan fingerprint density at radius 2 is 0.595 bits per heavy atom. The molecule has 49 unspecified atom stereocenters. The van der Waals surface area contributed by atoms with Crippen molar-refractivity contribution in [3.05, 3.63) is 58.1 Å². The van der Waals surface area contributed by atoms with Crippen molar-refractivity contribution in [2.75, 3.05) is 0 Å². The molecule has 0 amide bonds. The summed E-state index contributed by atoms with van der Waals surface area (Å²) in [4.78, 5) is 13.3. The average molecular weight is 3050 g/mol. The highest BCUT2D eigenvalue weighted by Crippen LogP contribution is 3.26. The number of benzene rings is 2. The highest BCUT2D eigenvalue weighted by Gasteiger charge is 2.71. The van der Waals surface area contributed by atoms with E-state index in [-0.39, 0.29) is 13.4 Å². The van der Waals surface area contributed by atoms with E-state index in [9.17, 15) is 4.79 Å². The number of carbonyl (C=O) groups is 1. The molecule has 0 heterocycles. The molecule has 0 aromatic heterocycles. The molecule has 636 valence electrons. The topological polar surface area (TPSA) is 58.6 Å². The summed E-state index contributed by atoms with van der Waals surface area (Å²) in [5.41, 5.74) is 0.704. The lowest BCUT2D eigenvalue weighted by Crippen LogP contribution is -2.73. The van der Waals surface area contributed by atoms with Gasteiger partial charge in [0.1, 0.15) is 11.5 Å². The summed E-state index contributed by atoms with van der Waals surface area (Å²) in [5.74, 6) is 0.118. The number of hydrogen-bond donors (Lipinski definition) is 2. The van der Waals surface area contributed by atoms with Gasteiger partial charge in [0.25, 0.3) is 0 Å². The van der Waals surface area contributed by atoms with Gasteiger partial charge in [-0.05, 0) is 216 Å². The minimum Gasteiger partial charge on any atom is -0.481 e. The van der Waals surface area contributed by atoms with Crippen LogP contribution in [0.5, 0.6) is 11.5 Å². The van der Waals surface area contributed by atoms with Gasteiger partial charge in [-0.15, -0.1) is 402 Å². The minimum absolute atomic E-state index is 0.139. The number of ether oxygens (including phenoxy) is 1. The van der Waals surface area contributed by atoms with Crippen molar-refractivity contribution < 1.29 is 14.6 Å². The van der Waals surface area contributed by atoms with E-state index in [0.29, 0.717) is 76.5 Å². The van der Waals surface area contributed by atoms with Crippen LogP contribution in [0.2, 0.25) is 10.0 Å². The van der Waals surface area contributed by atoms with Gasteiger partial charge in [0.05, 0.1) is 35.3 Å². The first-order valence-electron chi connectivity index (χ1n) is 28.1. The maximum absolute atomic E-state index is 10.8. The molecule has 4 nitrogen and oxygen atoms in total. The van der Waals surface area contributed by atoms with Crippen LogP contribution in [0.25, 0.3) is 0 Å². The van der Waals surface area contributed by atoms with E-state index in [4.69, 9.17) is 44.8 Å². The second kappa shape index (κ2) is 77.3. The monoisotopic (exact) mass is 3050 g/mol. The van der Waals surface area contributed by atoms with Crippen molar-refractivity contribution in [2.45, 2.75) is 12.5 Å². The first kappa shape index (κ1) is 143. The Morgan fingerprint density at radius 1 is 0.342 bits per heavy atom. The van der Waals surface area contributed by atoms with E-state index >= 15 is 0 Å². The maximum atomic E-state index is 10.8. The predicted octanol–water partition coefficient (Wildman–Crippen LogP) is 47.4. The second-order valence-electron chi connectivity index (χ2n) is 20.8. The molecule has 2 rings (SSSR count). The standard InChI is InChI=1S/C15H12Cl3NO3.B8H91P81/c16-12-5-4-11(7-13(12)17)22-10-3-1-2-9(6-10)14(19-18)8-15(20)21;9-54-87(82(44)45)63(81(42)43)4(64(88(83(46)47)84(48)49)89(85(50)51)86(52)53)1(2(5(55(65(10)11)66(12)13)56(67(14)15)68(16)17)6(57(69(18)19)70(20)21)58(71(22)23)72(24)25)3(7(59(73(26)27)74(28)29)60(75(30)31)76(32)33)8(61(77(34)35)78(36)37)62(79(38)39)80(40)41/h1-7,14,19H,8H2,(H,20,21);54H,9-53H2. The molecular formula is C15H103B8Cl3NO3P81. The zero-order valence-corrected chi connectivity index (χ0v) is 145. The van der Waals surface area contributed by atoms with Gasteiger partial charge < -0.3 is 9.84 Å². The molecule has 0 aliphatic carbocycles. The summed E-state index contributed by atoms with van der Waals surface area (Å²) >= 11 is 17.4. The second-order valence-corrected chi connectivity index (χ2v) is 313. The smallest absolute Gasteiger partial charge is 0.305 e. The van der Waals surface area contributed by atoms with Crippen molar-refractivity contribution >= 4 is 747 Å². The quantitative estimate of drug-likeness (QED) is 0.0394. The Bertz CT molecular complexity index is 2560. The Kier molecular flexibility index (Phi) is 99.6. The number of halogens is 3. The molecule has 0 saturated carbocycles. The van der Waals surface area contributed by atoms with Crippen LogP contribution in [0.1, 0.15) is 18.0 Å². The van der Waals surface area contributed by atoms with Gasteiger partial charge in [0.2, 0.25) is 0 Å². The molecule has 0 spiro atoms. The van der Waals surface area contributed by atoms with Crippen LogP contribution in [-0.2, 0) is 4.79 Å². The lowest BCUT2D eigenvalue weighted by molar-refractivity contribution is -0.137.